The van der Waals surface area contributed by atoms with Gasteiger partial charge in [-0.25, -0.2) is 9.97 Å². The Balaban J connectivity index is 1.83. The number of nitrogens with one attached hydrogen (secondary N) is 1. The highest BCUT2D eigenvalue weighted by molar-refractivity contribution is 5.99. The lowest BCUT2D eigenvalue weighted by Gasteiger charge is -2.24. The smallest absolute Gasteiger partial charge is 0.232 e. The lowest BCUT2D eigenvalue weighted by Crippen LogP contribution is -2.29. The van der Waals surface area contributed by atoms with Crippen LogP contribution < -0.4 is 5.32 Å². The van der Waals surface area contributed by atoms with Gasteiger partial charge in [0.05, 0.1) is 11.3 Å². The first-order valence-electron chi connectivity index (χ1n) is 9.45. The summed E-state index contributed by atoms with van der Waals surface area (Å²) in [5.74, 6) is 0.757. The van der Waals surface area contributed by atoms with Gasteiger partial charge in [-0.1, -0.05) is 58.9 Å². The van der Waals surface area contributed by atoms with Gasteiger partial charge in [0.1, 0.15) is 0 Å². The first-order valence-corrected chi connectivity index (χ1v) is 9.45. The minimum atomic E-state index is -0.532. The molecule has 0 aliphatic heterocycles. The number of aromatic nitrogens is 2. The van der Waals surface area contributed by atoms with Crippen LogP contribution in [0.25, 0.3) is 0 Å². The Morgan fingerprint density at radius 1 is 1.15 bits per heavy atom. The summed E-state index contributed by atoms with van der Waals surface area (Å²) < 4.78 is 0. The summed E-state index contributed by atoms with van der Waals surface area (Å²) in [5, 5.41) is 2.75. The average Bonchev–Trinajstić information content (AvgIpc) is 2.60. The molecule has 27 heavy (non-hydrogen) atoms. The normalized spacial score (nSPS) is 17.0. The number of benzene rings is 1. The molecule has 0 saturated heterocycles. The van der Waals surface area contributed by atoms with Gasteiger partial charge in [-0.3, -0.25) is 14.9 Å². The van der Waals surface area contributed by atoms with Gasteiger partial charge in [-0.2, -0.15) is 0 Å². The molecule has 1 aromatic carbocycles. The minimum absolute atomic E-state index is 0.0582. The van der Waals surface area contributed by atoms with E-state index in [0.29, 0.717) is 30.0 Å². The van der Waals surface area contributed by atoms with Crippen LogP contribution in [0.3, 0.4) is 0 Å². The van der Waals surface area contributed by atoms with E-state index < -0.39 is 5.41 Å². The van der Waals surface area contributed by atoms with Crippen LogP contribution in [0, 0.1) is 5.41 Å². The molecule has 5 heteroatoms. The fourth-order valence-corrected chi connectivity index (χ4v) is 3.18. The van der Waals surface area contributed by atoms with Crippen molar-refractivity contribution in [3.05, 3.63) is 52.8 Å². The molecule has 142 valence electrons. The lowest BCUT2D eigenvalue weighted by atomic mass is 9.81. The molecule has 2 aromatic rings. The third-order valence-electron chi connectivity index (χ3n) is 5.02. The number of Topliss-reactive ketones (excluding diaryl/α,β-unsaturated/α-hetero) is 1. The highest BCUT2D eigenvalue weighted by Crippen LogP contribution is 2.32. The summed E-state index contributed by atoms with van der Waals surface area (Å²) >= 11 is 0. The SMILES string of the molecule is CC(C)c1ccc([C@@H]2CC(=O)c3cnc(NC(=O)C(C)(C)C)nc3C2)cc1. The predicted molar refractivity (Wildman–Crippen MR) is 106 cm³/mol. The molecule has 0 spiro atoms. The maximum absolute atomic E-state index is 12.6. The molecule has 0 saturated carbocycles. The van der Waals surface area contributed by atoms with Crippen molar-refractivity contribution in [1.29, 1.82) is 0 Å². The predicted octanol–water partition coefficient (Wildman–Crippen LogP) is 4.50. The van der Waals surface area contributed by atoms with Gasteiger partial charge in [-0.15, -0.1) is 0 Å². The summed E-state index contributed by atoms with van der Waals surface area (Å²) in [6.45, 7) is 9.84. The van der Waals surface area contributed by atoms with E-state index in [-0.39, 0.29) is 23.6 Å². The van der Waals surface area contributed by atoms with E-state index in [4.69, 9.17) is 0 Å². The number of ketones is 1. The van der Waals surface area contributed by atoms with Crippen LogP contribution in [-0.2, 0) is 11.2 Å². The first-order chi connectivity index (χ1) is 12.6. The summed E-state index contributed by atoms with van der Waals surface area (Å²) in [5.41, 5.74) is 3.19. The van der Waals surface area contributed by atoms with E-state index in [2.05, 4.69) is 53.4 Å². The Labute approximate surface area is 160 Å². The average molecular weight is 365 g/mol. The first kappa shape index (κ1) is 19.2. The van der Waals surface area contributed by atoms with E-state index in [9.17, 15) is 9.59 Å². The molecular weight excluding hydrogens is 338 g/mol. The molecular formula is C22H27N3O2. The van der Waals surface area contributed by atoms with Crippen molar-refractivity contribution >= 4 is 17.6 Å². The van der Waals surface area contributed by atoms with Gasteiger partial charge in [0.2, 0.25) is 11.9 Å². The van der Waals surface area contributed by atoms with Crippen LogP contribution in [0.4, 0.5) is 5.95 Å². The number of carbonyl (C=O) groups excluding carboxylic acids is 2. The van der Waals surface area contributed by atoms with Crippen LogP contribution in [0.15, 0.2) is 30.5 Å². The largest absolute Gasteiger partial charge is 0.294 e. The number of fused-ring (bicyclic) bond motifs is 1. The zero-order chi connectivity index (χ0) is 19.8. The van der Waals surface area contributed by atoms with Crippen LogP contribution in [0.1, 0.15) is 80.1 Å². The molecule has 1 heterocycles. The van der Waals surface area contributed by atoms with Gasteiger partial charge in [0, 0.05) is 18.0 Å². The number of hydrogen-bond donors (Lipinski definition) is 1. The second-order valence-electron chi connectivity index (χ2n) is 8.61. The van der Waals surface area contributed by atoms with Crippen molar-refractivity contribution in [2.24, 2.45) is 5.41 Å². The number of carbonyl (C=O) groups is 2. The quantitative estimate of drug-likeness (QED) is 0.869. The Morgan fingerprint density at radius 2 is 1.81 bits per heavy atom. The number of anilines is 1. The summed E-state index contributed by atoms with van der Waals surface area (Å²) in [7, 11) is 0. The third kappa shape index (κ3) is 4.24. The van der Waals surface area contributed by atoms with Crippen LogP contribution >= 0.6 is 0 Å². The van der Waals surface area contributed by atoms with Crippen molar-refractivity contribution in [3.63, 3.8) is 0 Å². The fourth-order valence-electron chi connectivity index (χ4n) is 3.18. The number of hydrogen-bond acceptors (Lipinski definition) is 4. The molecule has 0 bridgehead atoms. The fraction of sp³-hybridized carbons (Fsp3) is 0.455. The maximum atomic E-state index is 12.6. The van der Waals surface area contributed by atoms with Crippen molar-refractivity contribution < 1.29 is 9.59 Å². The van der Waals surface area contributed by atoms with Gasteiger partial charge >= 0.3 is 0 Å². The van der Waals surface area contributed by atoms with Crippen molar-refractivity contribution in [1.82, 2.24) is 9.97 Å². The van der Waals surface area contributed by atoms with Crippen LogP contribution in [-0.4, -0.2) is 21.7 Å². The van der Waals surface area contributed by atoms with Crippen molar-refractivity contribution in [2.45, 2.75) is 59.3 Å². The second kappa shape index (κ2) is 7.22. The molecule has 1 aliphatic carbocycles. The molecule has 5 nitrogen and oxygen atoms in total. The third-order valence-corrected chi connectivity index (χ3v) is 5.02. The molecule has 0 unspecified atom stereocenters. The topological polar surface area (TPSA) is 72.0 Å². The van der Waals surface area contributed by atoms with E-state index >= 15 is 0 Å². The summed E-state index contributed by atoms with van der Waals surface area (Å²) in [6.07, 6.45) is 2.68. The van der Waals surface area contributed by atoms with Gasteiger partial charge < -0.3 is 0 Å². The molecule has 0 fully saturated rings. The van der Waals surface area contributed by atoms with Gasteiger partial charge in [0.25, 0.3) is 0 Å². The van der Waals surface area contributed by atoms with Gasteiger partial charge in [-0.05, 0) is 29.4 Å². The Kier molecular flexibility index (Phi) is 5.13. The highest BCUT2D eigenvalue weighted by atomic mass is 16.2. The lowest BCUT2D eigenvalue weighted by molar-refractivity contribution is -0.123. The van der Waals surface area contributed by atoms with Crippen molar-refractivity contribution in [2.75, 3.05) is 5.32 Å². The highest BCUT2D eigenvalue weighted by Gasteiger charge is 2.29. The zero-order valence-corrected chi connectivity index (χ0v) is 16.7. The van der Waals surface area contributed by atoms with E-state index in [1.807, 2.05) is 20.8 Å². The Hall–Kier alpha value is -2.56. The Morgan fingerprint density at radius 3 is 2.41 bits per heavy atom. The molecule has 1 aliphatic rings. The summed E-state index contributed by atoms with van der Waals surface area (Å²) in [6, 6.07) is 8.49. The Bertz CT molecular complexity index is 864. The zero-order valence-electron chi connectivity index (χ0n) is 16.7. The number of rotatable bonds is 3. The molecule has 1 N–H and O–H groups in total. The maximum Gasteiger partial charge on any atom is 0.232 e. The second-order valence-corrected chi connectivity index (χ2v) is 8.61. The monoisotopic (exact) mass is 365 g/mol. The molecule has 1 aromatic heterocycles. The number of amides is 1. The van der Waals surface area contributed by atoms with Gasteiger partial charge in [0.15, 0.2) is 5.78 Å². The number of nitrogens with zero attached hydrogens (tertiary/aromatic N) is 2. The van der Waals surface area contributed by atoms with Crippen LogP contribution in [0.2, 0.25) is 0 Å². The van der Waals surface area contributed by atoms with E-state index in [1.54, 1.807) is 6.20 Å². The molecule has 0 radical (unpaired) electrons. The molecule has 1 amide bonds. The molecule has 3 rings (SSSR count). The van der Waals surface area contributed by atoms with Crippen molar-refractivity contribution in [3.8, 4) is 0 Å². The molecule has 1 atom stereocenters. The minimum Gasteiger partial charge on any atom is -0.294 e. The standard InChI is InChI=1S/C22H27N3O2/c1-13(2)14-6-8-15(9-7-14)16-10-18-17(19(26)11-16)12-23-21(24-18)25-20(27)22(3,4)5/h6-9,12-13,16H,10-11H2,1-5H3,(H,23,24,25,27)/t16-/m0/s1. The van der Waals surface area contributed by atoms with E-state index in [1.165, 1.54) is 5.56 Å². The van der Waals surface area contributed by atoms with Crippen LogP contribution in [0.5, 0.6) is 0 Å². The summed E-state index contributed by atoms with van der Waals surface area (Å²) in [4.78, 5) is 33.4. The van der Waals surface area contributed by atoms with E-state index in [0.717, 1.165) is 5.56 Å².